The first-order chi connectivity index (χ1) is 5.63. The van der Waals surface area contributed by atoms with Crippen molar-refractivity contribution in [1.82, 2.24) is 15.4 Å². The highest BCUT2D eigenvalue weighted by Crippen LogP contribution is 1.88. The zero-order chi connectivity index (χ0) is 9.14. The van der Waals surface area contributed by atoms with Gasteiger partial charge in [0.2, 0.25) is 0 Å². The lowest BCUT2D eigenvalue weighted by molar-refractivity contribution is 0.0948. The SMILES string of the molecule is Cc1nc(C(=O)NN)cc(=O)[nH]1. The predicted octanol–water partition coefficient (Wildman–Crippen LogP) is -1.32. The molecular weight excluding hydrogens is 160 g/mol. The van der Waals surface area contributed by atoms with Crippen molar-refractivity contribution in [3.05, 3.63) is 27.9 Å². The summed E-state index contributed by atoms with van der Waals surface area (Å²) in [7, 11) is 0. The van der Waals surface area contributed by atoms with Gasteiger partial charge in [0, 0.05) is 6.07 Å². The van der Waals surface area contributed by atoms with Gasteiger partial charge in [-0.05, 0) is 6.92 Å². The highest BCUT2D eigenvalue weighted by molar-refractivity contribution is 5.91. The van der Waals surface area contributed by atoms with Gasteiger partial charge in [0.1, 0.15) is 11.5 Å². The Balaban J connectivity index is 3.17. The summed E-state index contributed by atoms with van der Waals surface area (Å²) >= 11 is 0. The minimum atomic E-state index is -0.579. The number of rotatable bonds is 1. The van der Waals surface area contributed by atoms with Crippen LogP contribution in [0.2, 0.25) is 0 Å². The molecule has 0 fully saturated rings. The molecule has 0 unspecified atom stereocenters. The maximum atomic E-state index is 10.9. The van der Waals surface area contributed by atoms with E-state index in [9.17, 15) is 9.59 Å². The van der Waals surface area contributed by atoms with Crippen LogP contribution in [0.25, 0.3) is 0 Å². The molecule has 0 atom stereocenters. The van der Waals surface area contributed by atoms with E-state index in [1.807, 2.05) is 5.43 Å². The van der Waals surface area contributed by atoms with Crippen molar-refractivity contribution < 1.29 is 4.79 Å². The zero-order valence-corrected chi connectivity index (χ0v) is 6.42. The molecule has 0 radical (unpaired) electrons. The van der Waals surface area contributed by atoms with Gasteiger partial charge in [0.05, 0.1) is 0 Å². The fourth-order valence-corrected chi connectivity index (χ4v) is 0.770. The summed E-state index contributed by atoms with van der Waals surface area (Å²) in [5.74, 6) is 4.65. The normalized spacial score (nSPS) is 9.50. The van der Waals surface area contributed by atoms with E-state index >= 15 is 0 Å². The molecule has 64 valence electrons. The number of aryl methyl sites for hydroxylation is 1. The molecular formula is C6H8N4O2. The second kappa shape index (κ2) is 3.14. The van der Waals surface area contributed by atoms with Gasteiger partial charge in [0.15, 0.2) is 0 Å². The molecule has 12 heavy (non-hydrogen) atoms. The van der Waals surface area contributed by atoms with E-state index in [2.05, 4.69) is 9.97 Å². The topological polar surface area (TPSA) is 101 Å². The number of nitrogens with one attached hydrogen (secondary N) is 2. The summed E-state index contributed by atoms with van der Waals surface area (Å²) in [5.41, 5.74) is 1.52. The van der Waals surface area contributed by atoms with Crippen LogP contribution in [-0.4, -0.2) is 15.9 Å². The van der Waals surface area contributed by atoms with E-state index in [0.717, 1.165) is 6.07 Å². The van der Waals surface area contributed by atoms with E-state index in [1.54, 1.807) is 6.92 Å². The second-order valence-corrected chi connectivity index (χ2v) is 2.19. The van der Waals surface area contributed by atoms with Crippen molar-refractivity contribution in [2.45, 2.75) is 6.92 Å². The van der Waals surface area contributed by atoms with Crippen molar-refractivity contribution in [3.8, 4) is 0 Å². The molecule has 1 aromatic heterocycles. The average molecular weight is 168 g/mol. The van der Waals surface area contributed by atoms with E-state index in [-0.39, 0.29) is 11.3 Å². The lowest BCUT2D eigenvalue weighted by Crippen LogP contribution is -2.32. The third kappa shape index (κ3) is 1.67. The highest BCUT2D eigenvalue weighted by Gasteiger charge is 2.05. The van der Waals surface area contributed by atoms with Gasteiger partial charge in [-0.25, -0.2) is 10.8 Å². The summed E-state index contributed by atoms with van der Waals surface area (Å²) in [4.78, 5) is 27.8. The fourth-order valence-electron chi connectivity index (χ4n) is 0.770. The smallest absolute Gasteiger partial charge is 0.284 e. The summed E-state index contributed by atoms with van der Waals surface area (Å²) in [5, 5.41) is 0. The number of nitrogens with zero attached hydrogens (tertiary/aromatic N) is 1. The molecule has 0 aliphatic heterocycles. The number of hydrogen-bond acceptors (Lipinski definition) is 4. The number of amides is 1. The minimum absolute atomic E-state index is 0.0127. The van der Waals surface area contributed by atoms with Crippen LogP contribution in [0.4, 0.5) is 0 Å². The molecule has 1 heterocycles. The maximum Gasteiger partial charge on any atom is 0.284 e. The molecule has 0 aromatic carbocycles. The summed E-state index contributed by atoms with van der Waals surface area (Å²) in [6, 6.07) is 1.08. The van der Waals surface area contributed by atoms with Gasteiger partial charge in [-0.1, -0.05) is 0 Å². The molecule has 1 amide bonds. The van der Waals surface area contributed by atoms with Gasteiger partial charge < -0.3 is 4.98 Å². The minimum Gasteiger partial charge on any atom is -0.311 e. The van der Waals surface area contributed by atoms with Gasteiger partial charge in [-0.2, -0.15) is 0 Å². The Bertz CT molecular complexity index is 357. The van der Waals surface area contributed by atoms with Crippen LogP contribution in [0.3, 0.4) is 0 Å². The van der Waals surface area contributed by atoms with Gasteiger partial charge in [0.25, 0.3) is 11.5 Å². The van der Waals surface area contributed by atoms with Crippen molar-refractivity contribution in [1.29, 1.82) is 0 Å². The van der Waals surface area contributed by atoms with Crippen molar-refractivity contribution in [2.24, 2.45) is 5.84 Å². The lowest BCUT2D eigenvalue weighted by atomic mass is 10.4. The maximum absolute atomic E-state index is 10.9. The average Bonchev–Trinajstić information content (AvgIpc) is 2.01. The largest absolute Gasteiger partial charge is 0.311 e. The van der Waals surface area contributed by atoms with Crippen molar-refractivity contribution >= 4 is 5.91 Å². The number of carbonyl (C=O) groups excluding carboxylic acids is 1. The molecule has 0 saturated heterocycles. The Labute approximate surface area is 67.8 Å². The number of nitrogen functional groups attached to an aromatic ring is 1. The van der Waals surface area contributed by atoms with Crippen molar-refractivity contribution in [3.63, 3.8) is 0 Å². The Hall–Kier alpha value is -1.69. The van der Waals surface area contributed by atoms with Gasteiger partial charge in [-0.3, -0.25) is 15.0 Å². The molecule has 0 aliphatic carbocycles. The number of aromatic nitrogens is 2. The first-order valence-corrected chi connectivity index (χ1v) is 3.22. The Morgan fingerprint density at radius 2 is 2.42 bits per heavy atom. The summed E-state index contributed by atoms with van der Waals surface area (Å²) in [6.07, 6.45) is 0. The van der Waals surface area contributed by atoms with Crippen LogP contribution in [0.5, 0.6) is 0 Å². The van der Waals surface area contributed by atoms with E-state index in [1.165, 1.54) is 0 Å². The van der Waals surface area contributed by atoms with E-state index < -0.39 is 5.91 Å². The van der Waals surface area contributed by atoms with Crippen LogP contribution >= 0.6 is 0 Å². The van der Waals surface area contributed by atoms with Crippen LogP contribution in [0, 0.1) is 6.92 Å². The fraction of sp³-hybridized carbons (Fsp3) is 0.167. The number of nitrogens with two attached hydrogens (primary N) is 1. The molecule has 6 nitrogen and oxygen atoms in total. The molecule has 0 saturated carbocycles. The van der Waals surface area contributed by atoms with Gasteiger partial charge in [-0.15, -0.1) is 0 Å². The Kier molecular flexibility index (Phi) is 2.20. The molecule has 6 heteroatoms. The Morgan fingerprint density at radius 3 is 2.92 bits per heavy atom. The predicted molar refractivity (Wildman–Crippen MR) is 41.2 cm³/mol. The summed E-state index contributed by atoms with van der Waals surface area (Å²) in [6.45, 7) is 1.58. The number of hydrazine groups is 1. The molecule has 4 N–H and O–H groups in total. The van der Waals surface area contributed by atoms with Crippen LogP contribution in [0.15, 0.2) is 10.9 Å². The Morgan fingerprint density at radius 1 is 1.75 bits per heavy atom. The van der Waals surface area contributed by atoms with Crippen LogP contribution in [0.1, 0.15) is 16.3 Å². The van der Waals surface area contributed by atoms with Crippen LogP contribution < -0.4 is 16.8 Å². The van der Waals surface area contributed by atoms with E-state index in [4.69, 9.17) is 5.84 Å². The quantitative estimate of drug-likeness (QED) is 0.275. The van der Waals surface area contributed by atoms with E-state index in [0.29, 0.717) is 5.82 Å². The highest BCUT2D eigenvalue weighted by atomic mass is 16.2. The third-order valence-corrected chi connectivity index (χ3v) is 1.22. The second-order valence-electron chi connectivity index (χ2n) is 2.19. The molecule has 0 aliphatic rings. The molecule has 0 spiro atoms. The zero-order valence-electron chi connectivity index (χ0n) is 6.42. The number of hydrogen-bond donors (Lipinski definition) is 3. The number of carbonyl (C=O) groups is 1. The molecule has 0 bridgehead atoms. The van der Waals surface area contributed by atoms with Gasteiger partial charge >= 0.3 is 0 Å². The third-order valence-electron chi connectivity index (χ3n) is 1.22. The standard InChI is InChI=1S/C6H8N4O2/c1-3-8-4(6(12)10-7)2-5(11)9-3/h2H,7H2,1H3,(H,10,12)(H,8,9,11). The summed E-state index contributed by atoms with van der Waals surface area (Å²) < 4.78 is 0. The lowest BCUT2D eigenvalue weighted by Gasteiger charge is -1.97. The number of aromatic amines is 1. The molecule has 1 aromatic rings. The van der Waals surface area contributed by atoms with Crippen molar-refractivity contribution in [2.75, 3.05) is 0 Å². The first-order valence-electron chi connectivity index (χ1n) is 3.22. The van der Waals surface area contributed by atoms with Crippen LogP contribution in [-0.2, 0) is 0 Å². The monoisotopic (exact) mass is 168 g/mol. The first kappa shape index (κ1) is 8.41. The molecule has 1 rings (SSSR count). The number of H-pyrrole nitrogens is 1.